The first-order valence-corrected chi connectivity index (χ1v) is 9.89. The Morgan fingerprint density at radius 3 is 2.46 bits per heavy atom. The highest BCUT2D eigenvalue weighted by molar-refractivity contribution is 6.42. The highest BCUT2D eigenvalue weighted by Crippen LogP contribution is 2.24. The summed E-state index contributed by atoms with van der Waals surface area (Å²) in [4.78, 5) is 14.2. The van der Waals surface area contributed by atoms with Crippen LogP contribution in [0.25, 0.3) is 0 Å². The molecule has 0 saturated carbocycles. The normalized spacial score (nSPS) is 15.0. The van der Waals surface area contributed by atoms with E-state index in [-0.39, 0.29) is 24.4 Å². The van der Waals surface area contributed by atoms with Gasteiger partial charge in [0.05, 0.1) is 22.8 Å². The number of carbonyl (C=O) groups is 1. The molecule has 1 aromatic carbocycles. The first-order chi connectivity index (χ1) is 12.1. The minimum absolute atomic E-state index is 0. The molecule has 1 aromatic rings. The van der Waals surface area contributed by atoms with Crippen LogP contribution in [0.3, 0.4) is 0 Å². The molecule has 1 aliphatic rings. The third kappa shape index (κ3) is 8.01. The van der Waals surface area contributed by atoms with Crippen LogP contribution in [0.5, 0.6) is 0 Å². The van der Waals surface area contributed by atoms with E-state index in [4.69, 9.17) is 33.7 Å². The van der Waals surface area contributed by atoms with E-state index >= 15 is 0 Å². The van der Waals surface area contributed by atoms with E-state index in [1.165, 1.54) is 0 Å². The molecule has 1 aliphatic heterocycles. The number of hydrogen-bond acceptors (Lipinski definition) is 3. The number of benzene rings is 1. The molecule has 0 bridgehead atoms. The van der Waals surface area contributed by atoms with Crippen molar-refractivity contribution in [3.63, 3.8) is 0 Å². The Morgan fingerprint density at radius 2 is 1.81 bits per heavy atom. The third-order valence-corrected chi connectivity index (χ3v) is 5.35. The van der Waals surface area contributed by atoms with Gasteiger partial charge in [0, 0.05) is 19.5 Å². The zero-order chi connectivity index (χ0) is 18.1. The van der Waals surface area contributed by atoms with Gasteiger partial charge in [0.15, 0.2) is 0 Å². The lowest BCUT2D eigenvalue weighted by Crippen LogP contribution is -2.40. The predicted molar refractivity (Wildman–Crippen MR) is 110 cm³/mol. The summed E-state index contributed by atoms with van der Waals surface area (Å²) in [6.45, 7) is 2.83. The van der Waals surface area contributed by atoms with Crippen LogP contribution in [0.2, 0.25) is 10.0 Å². The largest absolute Gasteiger partial charge is 0.373 e. The van der Waals surface area contributed by atoms with Crippen LogP contribution < -0.4 is 5.73 Å². The summed E-state index contributed by atoms with van der Waals surface area (Å²) in [5.74, 6) is 0.274. The number of amides is 1. The van der Waals surface area contributed by atoms with Gasteiger partial charge in [-0.25, -0.2) is 0 Å². The fraction of sp³-hybridized carbons (Fsp3) is 0.632. The smallest absolute Gasteiger partial charge is 0.222 e. The second-order valence-electron chi connectivity index (χ2n) is 6.59. The molecule has 0 aromatic heterocycles. The Balaban J connectivity index is 0.00000338. The fourth-order valence-electron chi connectivity index (χ4n) is 3.05. The SMILES string of the molecule is Cl.NCCCCCCC(=O)N1CCC(OCc2ccc(Cl)c(Cl)c2)CC1. The van der Waals surface area contributed by atoms with Crippen molar-refractivity contribution in [1.29, 1.82) is 0 Å². The van der Waals surface area contributed by atoms with Crippen LogP contribution >= 0.6 is 35.6 Å². The van der Waals surface area contributed by atoms with Crippen LogP contribution in [0.1, 0.15) is 50.5 Å². The molecule has 0 atom stereocenters. The van der Waals surface area contributed by atoms with Gasteiger partial charge in [-0.05, 0) is 49.9 Å². The van der Waals surface area contributed by atoms with Gasteiger partial charge in [-0.15, -0.1) is 12.4 Å². The molecule has 26 heavy (non-hydrogen) atoms. The van der Waals surface area contributed by atoms with Crippen molar-refractivity contribution in [1.82, 2.24) is 4.90 Å². The maximum Gasteiger partial charge on any atom is 0.222 e. The molecule has 0 aliphatic carbocycles. The summed E-state index contributed by atoms with van der Waals surface area (Å²) in [5.41, 5.74) is 6.50. The van der Waals surface area contributed by atoms with Gasteiger partial charge in [0.25, 0.3) is 0 Å². The lowest BCUT2D eigenvalue weighted by atomic mass is 10.1. The van der Waals surface area contributed by atoms with E-state index in [9.17, 15) is 4.79 Å². The minimum Gasteiger partial charge on any atom is -0.373 e. The van der Waals surface area contributed by atoms with E-state index in [0.29, 0.717) is 23.1 Å². The second kappa shape index (κ2) is 12.8. The van der Waals surface area contributed by atoms with Gasteiger partial charge in [-0.3, -0.25) is 4.79 Å². The van der Waals surface area contributed by atoms with Gasteiger partial charge in [-0.2, -0.15) is 0 Å². The zero-order valence-corrected chi connectivity index (χ0v) is 17.4. The number of ether oxygens (including phenoxy) is 1. The van der Waals surface area contributed by atoms with Gasteiger partial charge in [-0.1, -0.05) is 42.1 Å². The van der Waals surface area contributed by atoms with Crippen molar-refractivity contribution in [2.45, 2.75) is 57.7 Å². The number of halogens is 3. The summed E-state index contributed by atoms with van der Waals surface area (Å²) in [6.07, 6.45) is 6.85. The van der Waals surface area contributed by atoms with Gasteiger partial charge in [0.2, 0.25) is 5.91 Å². The molecule has 4 nitrogen and oxygen atoms in total. The number of nitrogens with zero attached hydrogens (tertiary/aromatic N) is 1. The van der Waals surface area contributed by atoms with Gasteiger partial charge >= 0.3 is 0 Å². The Labute approximate surface area is 172 Å². The summed E-state index contributed by atoms with van der Waals surface area (Å²) < 4.78 is 5.97. The molecule has 0 spiro atoms. The van der Waals surface area contributed by atoms with Crippen LogP contribution in [0, 0.1) is 0 Å². The number of piperidine rings is 1. The van der Waals surface area contributed by atoms with Crippen molar-refractivity contribution < 1.29 is 9.53 Å². The lowest BCUT2D eigenvalue weighted by Gasteiger charge is -2.32. The van der Waals surface area contributed by atoms with Crippen LogP contribution in [-0.4, -0.2) is 36.5 Å². The maximum atomic E-state index is 12.2. The number of hydrogen-bond donors (Lipinski definition) is 1. The molecule has 148 valence electrons. The molecule has 1 saturated heterocycles. The predicted octanol–water partition coefficient (Wildman–Crippen LogP) is 4.83. The lowest BCUT2D eigenvalue weighted by molar-refractivity contribution is -0.134. The number of unbranched alkanes of at least 4 members (excludes halogenated alkanes) is 3. The molecule has 2 N–H and O–H groups in total. The Bertz CT molecular complexity index is 550. The summed E-state index contributed by atoms with van der Waals surface area (Å²) in [5, 5.41) is 1.11. The summed E-state index contributed by atoms with van der Waals surface area (Å²) >= 11 is 11.9. The topological polar surface area (TPSA) is 55.6 Å². The van der Waals surface area contributed by atoms with E-state index in [1.54, 1.807) is 6.07 Å². The van der Waals surface area contributed by atoms with Crippen molar-refractivity contribution in [3.05, 3.63) is 33.8 Å². The standard InChI is InChI=1S/C19H28Cl2N2O2.ClH/c20-17-7-6-15(13-18(17)21)14-25-16-8-11-23(12-9-16)19(24)5-3-1-2-4-10-22;/h6-7,13,16H,1-5,8-12,14,22H2;1H. The number of carbonyl (C=O) groups excluding carboxylic acids is 1. The molecule has 0 unspecified atom stereocenters. The van der Waals surface area contributed by atoms with E-state index in [2.05, 4.69) is 0 Å². The first kappa shape index (κ1) is 23.5. The molecule has 2 rings (SSSR count). The molecule has 0 radical (unpaired) electrons. The molecule has 1 amide bonds. The zero-order valence-electron chi connectivity index (χ0n) is 15.1. The fourth-order valence-corrected chi connectivity index (χ4v) is 3.37. The number of likely N-dealkylation sites (tertiary alicyclic amines) is 1. The average molecular weight is 424 g/mol. The van der Waals surface area contributed by atoms with Crippen LogP contribution in [0.15, 0.2) is 18.2 Å². The first-order valence-electron chi connectivity index (χ1n) is 9.13. The Morgan fingerprint density at radius 1 is 1.12 bits per heavy atom. The van der Waals surface area contributed by atoms with E-state index in [1.807, 2.05) is 17.0 Å². The molecule has 7 heteroatoms. The molecular formula is C19H29Cl3N2O2. The van der Waals surface area contributed by atoms with E-state index in [0.717, 1.165) is 63.7 Å². The Kier molecular flexibility index (Phi) is 11.6. The van der Waals surface area contributed by atoms with Crippen molar-refractivity contribution in [2.24, 2.45) is 5.73 Å². The van der Waals surface area contributed by atoms with Crippen molar-refractivity contribution in [3.8, 4) is 0 Å². The van der Waals surface area contributed by atoms with Gasteiger partial charge in [0.1, 0.15) is 0 Å². The highest BCUT2D eigenvalue weighted by atomic mass is 35.5. The average Bonchev–Trinajstić information content (AvgIpc) is 2.63. The number of rotatable bonds is 9. The highest BCUT2D eigenvalue weighted by Gasteiger charge is 2.22. The van der Waals surface area contributed by atoms with Crippen molar-refractivity contribution in [2.75, 3.05) is 19.6 Å². The van der Waals surface area contributed by atoms with Crippen LogP contribution in [-0.2, 0) is 16.1 Å². The quantitative estimate of drug-likeness (QED) is 0.579. The molecule has 1 heterocycles. The monoisotopic (exact) mass is 422 g/mol. The third-order valence-electron chi connectivity index (χ3n) is 4.61. The van der Waals surface area contributed by atoms with Crippen molar-refractivity contribution >= 4 is 41.5 Å². The van der Waals surface area contributed by atoms with E-state index < -0.39 is 0 Å². The number of nitrogens with two attached hydrogens (primary N) is 1. The van der Waals surface area contributed by atoms with Gasteiger partial charge < -0.3 is 15.4 Å². The summed E-state index contributed by atoms with van der Waals surface area (Å²) in [6, 6.07) is 5.56. The van der Waals surface area contributed by atoms with Crippen LogP contribution in [0.4, 0.5) is 0 Å². The maximum absolute atomic E-state index is 12.2. The Hall–Kier alpha value is -0.520. The summed E-state index contributed by atoms with van der Waals surface area (Å²) in [7, 11) is 0. The second-order valence-corrected chi connectivity index (χ2v) is 7.41. The minimum atomic E-state index is 0. The molecule has 1 fully saturated rings. The molecular weight excluding hydrogens is 395 g/mol.